The summed E-state index contributed by atoms with van der Waals surface area (Å²) in [4.78, 5) is 23.1. The van der Waals surface area contributed by atoms with Crippen LogP contribution in [0.1, 0.15) is 29.8 Å². The number of carboxylic acids is 1. The molecule has 0 bridgehead atoms. The van der Waals surface area contributed by atoms with E-state index in [-0.39, 0.29) is 17.6 Å². The van der Waals surface area contributed by atoms with Crippen LogP contribution < -0.4 is 5.32 Å². The summed E-state index contributed by atoms with van der Waals surface area (Å²) in [5, 5.41) is 11.7. The molecular weight excluding hydrogens is 301 g/mol. The molecule has 23 heavy (non-hydrogen) atoms. The minimum Gasteiger partial charge on any atom is -0.481 e. The minimum absolute atomic E-state index is 0.0852. The van der Waals surface area contributed by atoms with Gasteiger partial charge in [-0.25, -0.2) is 4.39 Å². The fourth-order valence-corrected chi connectivity index (χ4v) is 2.86. The zero-order chi connectivity index (χ0) is 16.4. The van der Waals surface area contributed by atoms with Crippen LogP contribution in [0.5, 0.6) is 0 Å². The van der Waals surface area contributed by atoms with Gasteiger partial charge in [0.25, 0.3) is 5.91 Å². The molecule has 0 aliphatic heterocycles. The van der Waals surface area contributed by atoms with Crippen LogP contribution in [0.4, 0.5) is 4.39 Å². The number of nitrogens with one attached hydrogen (secondary N) is 1. The minimum atomic E-state index is -0.832. The van der Waals surface area contributed by atoms with E-state index in [1.165, 1.54) is 12.1 Å². The molecule has 2 N–H and O–H groups in total. The Balaban J connectivity index is 1.68. The van der Waals surface area contributed by atoms with Gasteiger partial charge >= 0.3 is 5.97 Å². The van der Waals surface area contributed by atoms with Crippen LogP contribution in [-0.4, -0.2) is 23.0 Å². The van der Waals surface area contributed by atoms with Crippen molar-refractivity contribution in [3.8, 4) is 11.3 Å². The van der Waals surface area contributed by atoms with Crippen LogP contribution in [0.3, 0.4) is 0 Å². The summed E-state index contributed by atoms with van der Waals surface area (Å²) in [7, 11) is 0. The first-order valence-electron chi connectivity index (χ1n) is 7.43. The Kier molecular flexibility index (Phi) is 4.14. The quantitative estimate of drug-likeness (QED) is 0.908. The monoisotopic (exact) mass is 317 g/mol. The maximum atomic E-state index is 13.7. The molecule has 0 unspecified atom stereocenters. The van der Waals surface area contributed by atoms with Gasteiger partial charge in [-0.15, -0.1) is 0 Å². The van der Waals surface area contributed by atoms with Gasteiger partial charge in [0.05, 0.1) is 11.5 Å². The molecule has 1 aliphatic rings. The number of amides is 1. The highest BCUT2D eigenvalue weighted by molar-refractivity contribution is 5.92. The predicted octanol–water partition coefficient (Wildman–Crippen LogP) is 3.07. The number of carboxylic acid groups (broad SMARTS) is 1. The van der Waals surface area contributed by atoms with Crippen molar-refractivity contribution < 1.29 is 23.5 Å². The van der Waals surface area contributed by atoms with E-state index in [0.717, 1.165) is 0 Å². The predicted molar refractivity (Wildman–Crippen MR) is 80.3 cm³/mol. The third-order valence-corrected chi connectivity index (χ3v) is 4.09. The number of hydrogen-bond acceptors (Lipinski definition) is 3. The molecule has 2 atom stereocenters. The lowest BCUT2D eigenvalue weighted by Gasteiger charge is -2.10. The molecule has 120 valence electrons. The van der Waals surface area contributed by atoms with Gasteiger partial charge in [-0.05, 0) is 43.5 Å². The van der Waals surface area contributed by atoms with E-state index in [0.29, 0.717) is 24.8 Å². The summed E-state index contributed by atoms with van der Waals surface area (Å²) in [6.45, 7) is 0. The van der Waals surface area contributed by atoms with Crippen molar-refractivity contribution in [2.24, 2.45) is 5.92 Å². The summed E-state index contributed by atoms with van der Waals surface area (Å²) in [6.07, 6.45) is 1.60. The molecule has 5 nitrogen and oxygen atoms in total. The number of halogens is 1. The molecule has 0 spiro atoms. The third-order valence-electron chi connectivity index (χ3n) is 4.09. The van der Waals surface area contributed by atoms with E-state index in [4.69, 9.17) is 9.52 Å². The van der Waals surface area contributed by atoms with Crippen molar-refractivity contribution in [3.63, 3.8) is 0 Å². The van der Waals surface area contributed by atoms with Gasteiger partial charge in [-0.3, -0.25) is 9.59 Å². The van der Waals surface area contributed by atoms with Crippen molar-refractivity contribution in [2.75, 3.05) is 0 Å². The molecule has 2 aromatic rings. The normalized spacial score (nSPS) is 20.4. The number of hydrogen-bond donors (Lipinski definition) is 2. The van der Waals surface area contributed by atoms with Crippen molar-refractivity contribution >= 4 is 11.9 Å². The molecule has 6 heteroatoms. The average Bonchev–Trinajstić information content (AvgIpc) is 3.16. The van der Waals surface area contributed by atoms with Crippen molar-refractivity contribution in [1.82, 2.24) is 5.32 Å². The molecule has 0 radical (unpaired) electrons. The lowest BCUT2D eigenvalue weighted by atomic mass is 10.1. The van der Waals surface area contributed by atoms with E-state index < -0.39 is 23.6 Å². The Hall–Kier alpha value is -2.63. The number of carbonyl (C=O) groups excluding carboxylic acids is 1. The van der Waals surface area contributed by atoms with Crippen LogP contribution >= 0.6 is 0 Å². The van der Waals surface area contributed by atoms with Crippen molar-refractivity contribution in [1.29, 1.82) is 0 Å². The molecule has 0 saturated heterocycles. The zero-order valence-corrected chi connectivity index (χ0v) is 12.3. The average molecular weight is 317 g/mol. The van der Waals surface area contributed by atoms with Gasteiger partial charge in [-0.1, -0.05) is 12.1 Å². The first-order valence-corrected chi connectivity index (χ1v) is 7.43. The molecule has 1 aromatic heterocycles. The van der Waals surface area contributed by atoms with Gasteiger partial charge in [0.1, 0.15) is 11.6 Å². The number of aliphatic carboxylic acids is 1. The Labute approximate surface area is 132 Å². The second-order valence-electron chi connectivity index (χ2n) is 5.66. The molecule has 3 rings (SSSR count). The largest absolute Gasteiger partial charge is 0.481 e. The van der Waals surface area contributed by atoms with E-state index in [9.17, 15) is 14.0 Å². The van der Waals surface area contributed by atoms with E-state index >= 15 is 0 Å². The summed E-state index contributed by atoms with van der Waals surface area (Å²) < 4.78 is 19.1. The second kappa shape index (κ2) is 6.24. The highest BCUT2D eigenvalue weighted by Gasteiger charge is 2.31. The van der Waals surface area contributed by atoms with Crippen LogP contribution in [0.25, 0.3) is 11.3 Å². The SMILES string of the molecule is O=C(N[C@@H]1CC[C@H](C(=O)O)C1)c1ccc(-c2ccccc2F)o1. The molecule has 1 amide bonds. The third kappa shape index (κ3) is 3.26. The molecule has 1 saturated carbocycles. The Bertz CT molecular complexity index is 740. The van der Waals surface area contributed by atoms with E-state index in [1.54, 1.807) is 24.3 Å². The van der Waals surface area contributed by atoms with Gasteiger partial charge in [0, 0.05) is 6.04 Å². The van der Waals surface area contributed by atoms with Crippen LogP contribution in [-0.2, 0) is 4.79 Å². The van der Waals surface area contributed by atoms with Gasteiger partial charge < -0.3 is 14.8 Å². The smallest absolute Gasteiger partial charge is 0.306 e. The number of benzene rings is 1. The first-order chi connectivity index (χ1) is 11.0. The standard InChI is InChI=1S/C17H16FNO4/c18-13-4-2-1-3-12(13)14-7-8-15(23-14)16(20)19-11-6-5-10(9-11)17(21)22/h1-4,7-8,10-11H,5-6,9H2,(H,19,20)(H,21,22)/t10-,11+/m0/s1. The highest BCUT2D eigenvalue weighted by Crippen LogP contribution is 2.27. The van der Waals surface area contributed by atoms with Crippen LogP contribution in [0.15, 0.2) is 40.8 Å². The summed E-state index contributed by atoms with van der Waals surface area (Å²) in [5.41, 5.74) is 0.290. The number of rotatable bonds is 4. The van der Waals surface area contributed by atoms with E-state index in [2.05, 4.69) is 5.32 Å². The molecule has 1 heterocycles. The summed E-state index contributed by atoms with van der Waals surface area (Å²) >= 11 is 0. The van der Waals surface area contributed by atoms with Crippen LogP contribution in [0.2, 0.25) is 0 Å². The summed E-state index contributed by atoms with van der Waals surface area (Å²) in [6, 6.07) is 9.01. The molecule has 1 fully saturated rings. The number of carbonyl (C=O) groups is 2. The second-order valence-corrected chi connectivity index (χ2v) is 5.66. The van der Waals surface area contributed by atoms with Crippen molar-refractivity contribution in [2.45, 2.75) is 25.3 Å². The Morgan fingerprint density at radius 1 is 1.17 bits per heavy atom. The lowest BCUT2D eigenvalue weighted by Crippen LogP contribution is -2.33. The number of furan rings is 1. The fourth-order valence-electron chi connectivity index (χ4n) is 2.86. The maximum absolute atomic E-state index is 13.7. The van der Waals surface area contributed by atoms with Crippen molar-refractivity contribution in [3.05, 3.63) is 48.0 Å². The van der Waals surface area contributed by atoms with Gasteiger partial charge in [0.15, 0.2) is 5.76 Å². The highest BCUT2D eigenvalue weighted by atomic mass is 19.1. The zero-order valence-electron chi connectivity index (χ0n) is 12.3. The first kappa shape index (κ1) is 15.3. The van der Waals surface area contributed by atoms with Gasteiger partial charge in [-0.2, -0.15) is 0 Å². The Morgan fingerprint density at radius 2 is 1.96 bits per heavy atom. The summed E-state index contributed by atoms with van der Waals surface area (Å²) in [5.74, 6) is -1.71. The fraction of sp³-hybridized carbons (Fsp3) is 0.294. The maximum Gasteiger partial charge on any atom is 0.306 e. The van der Waals surface area contributed by atoms with E-state index in [1.807, 2.05) is 0 Å². The molecule has 1 aliphatic carbocycles. The van der Waals surface area contributed by atoms with Crippen LogP contribution in [0, 0.1) is 11.7 Å². The Morgan fingerprint density at radius 3 is 2.65 bits per heavy atom. The lowest BCUT2D eigenvalue weighted by molar-refractivity contribution is -0.141. The van der Waals surface area contributed by atoms with Gasteiger partial charge in [0.2, 0.25) is 0 Å². The molecule has 1 aromatic carbocycles. The topological polar surface area (TPSA) is 79.5 Å². The molecular formula is C17H16FNO4.